The molecule has 1 fully saturated rings. The maximum Gasteiger partial charge on any atom is 0.259 e. The molecule has 3 rings (SSSR count). The molecular weight excluding hydrogens is 350 g/mol. The standard InChI is InChI=1S/C16H20ClN3O3S/c1-10(2)5-13-8-20(9-15(21)18-13)24(22,23)16-6-11-3-4-12(17)7-14(11)19-16/h3-4,6-7,10,13,19H,5,8-9H2,1-2H3,(H,18,21). The maximum absolute atomic E-state index is 12.9. The number of hydrogen-bond acceptors (Lipinski definition) is 3. The van der Waals surface area contributed by atoms with Crippen molar-refractivity contribution in [3.63, 3.8) is 0 Å². The Hall–Kier alpha value is -1.57. The van der Waals surface area contributed by atoms with Gasteiger partial charge in [0.15, 0.2) is 0 Å². The predicted molar refractivity (Wildman–Crippen MR) is 93.5 cm³/mol. The molecule has 1 aliphatic rings. The first-order valence-corrected chi connectivity index (χ1v) is 9.65. The summed E-state index contributed by atoms with van der Waals surface area (Å²) >= 11 is 5.94. The molecule has 0 spiro atoms. The summed E-state index contributed by atoms with van der Waals surface area (Å²) < 4.78 is 27.0. The van der Waals surface area contributed by atoms with Gasteiger partial charge in [-0.05, 0) is 30.5 Å². The highest BCUT2D eigenvalue weighted by atomic mass is 35.5. The molecule has 1 unspecified atom stereocenters. The molecule has 2 heterocycles. The second-order valence-electron chi connectivity index (χ2n) is 6.56. The Balaban J connectivity index is 1.91. The van der Waals surface area contributed by atoms with Crippen molar-refractivity contribution in [2.24, 2.45) is 5.92 Å². The fourth-order valence-electron chi connectivity index (χ4n) is 3.03. The van der Waals surface area contributed by atoms with Crippen LogP contribution >= 0.6 is 11.6 Å². The molecule has 1 atom stereocenters. The van der Waals surface area contributed by atoms with Gasteiger partial charge in [-0.15, -0.1) is 0 Å². The summed E-state index contributed by atoms with van der Waals surface area (Å²) in [5.41, 5.74) is 0.654. The maximum atomic E-state index is 12.9. The van der Waals surface area contributed by atoms with E-state index >= 15 is 0 Å². The van der Waals surface area contributed by atoms with Gasteiger partial charge in [0.1, 0.15) is 5.03 Å². The van der Waals surface area contributed by atoms with E-state index < -0.39 is 10.0 Å². The number of piperazine rings is 1. The van der Waals surface area contributed by atoms with Gasteiger partial charge in [-0.2, -0.15) is 4.31 Å². The van der Waals surface area contributed by atoms with Crippen LogP contribution in [0.5, 0.6) is 0 Å². The summed E-state index contributed by atoms with van der Waals surface area (Å²) in [4.78, 5) is 14.8. The summed E-state index contributed by atoms with van der Waals surface area (Å²) in [7, 11) is -3.76. The van der Waals surface area contributed by atoms with E-state index in [1.807, 2.05) is 13.8 Å². The van der Waals surface area contributed by atoms with E-state index in [-0.39, 0.29) is 30.1 Å². The SMILES string of the molecule is CC(C)CC1CN(S(=O)(=O)c2cc3ccc(Cl)cc3[nH]2)CC(=O)N1. The Morgan fingerprint density at radius 1 is 1.33 bits per heavy atom. The zero-order valence-corrected chi connectivity index (χ0v) is 15.1. The van der Waals surface area contributed by atoms with Gasteiger partial charge in [0.05, 0.1) is 6.54 Å². The van der Waals surface area contributed by atoms with E-state index in [1.54, 1.807) is 24.3 Å². The van der Waals surface area contributed by atoms with E-state index in [0.717, 1.165) is 11.8 Å². The summed E-state index contributed by atoms with van der Waals surface area (Å²) in [6.45, 7) is 4.21. The zero-order chi connectivity index (χ0) is 17.5. The smallest absolute Gasteiger partial charge is 0.259 e. The van der Waals surface area contributed by atoms with Gasteiger partial charge < -0.3 is 10.3 Å². The van der Waals surface area contributed by atoms with Crippen LogP contribution in [0.1, 0.15) is 20.3 Å². The molecule has 0 aliphatic carbocycles. The number of H-pyrrole nitrogens is 1. The van der Waals surface area contributed by atoms with Crippen LogP contribution in [0.25, 0.3) is 10.9 Å². The van der Waals surface area contributed by atoms with E-state index in [4.69, 9.17) is 11.6 Å². The topological polar surface area (TPSA) is 82.3 Å². The van der Waals surface area contributed by atoms with Gasteiger partial charge in [0, 0.05) is 28.5 Å². The fourth-order valence-corrected chi connectivity index (χ4v) is 4.65. The Morgan fingerprint density at radius 2 is 2.08 bits per heavy atom. The van der Waals surface area contributed by atoms with Crippen LogP contribution in [-0.4, -0.2) is 42.7 Å². The highest BCUT2D eigenvalue weighted by Gasteiger charge is 2.34. The number of sulfonamides is 1. The van der Waals surface area contributed by atoms with Gasteiger partial charge in [-0.25, -0.2) is 8.42 Å². The van der Waals surface area contributed by atoms with Crippen LogP contribution in [0.3, 0.4) is 0 Å². The number of aromatic nitrogens is 1. The quantitative estimate of drug-likeness (QED) is 0.867. The third kappa shape index (κ3) is 3.43. The Labute approximate surface area is 146 Å². The Morgan fingerprint density at radius 3 is 2.79 bits per heavy atom. The highest BCUT2D eigenvalue weighted by Crippen LogP contribution is 2.25. The van der Waals surface area contributed by atoms with E-state index in [1.165, 1.54) is 4.31 Å². The molecule has 6 nitrogen and oxygen atoms in total. The van der Waals surface area contributed by atoms with Gasteiger partial charge in [0.2, 0.25) is 5.91 Å². The number of carbonyl (C=O) groups excluding carboxylic acids is 1. The van der Waals surface area contributed by atoms with Crippen LogP contribution in [0.4, 0.5) is 0 Å². The van der Waals surface area contributed by atoms with Crippen LogP contribution in [-0.2, 0) is 14.8 Å². The third-order valence-electron chi connectivity index (χ3n) is 4.04. The van der Waals surface area contributed by atoms with Gasteiger partial charge in [-0.3, -0.25) is 4.79 Å². The average molecular weight is 370 g/mol. The Bertz CT molecular complexity index is 876. The second kappa shape index (κ2) is 6.38. The van der Waals surface area contributed by atoms with Crippen molar-refractivity contribution in [2.45, 2.75) is 31.3 Å². The Kier molecular flexibility index (Phi) is 4.59. The van der Waals surface area contributed by atoms with E-state index in [9.17, 15) is 13.2 Å². The molecule has 0 saturated carbocycles. The van der Waals surface area contributed by atoms with Gasteiger partial charge >= 0.3 is 0 Å². The minimum absolute atomic E-state index is 0.0813. The monoisotopic (exact) mass is 369 g/mol. The third-order valence-corrected chi connectivity index (χ3v) is 6.01. The van der Waals surface area contributed by atoms with Crippen molar-refractivity contribution in [3.8, 4) is 0 Å². The number of amides is 1. The lowest BCUT2D eigenvalue weighted by Crippen LogP contribution is -2.55. The van der Waals surface area contributed by atoms with E-state index in [0.29, 0.717) is 16.5 Å². The second-order valence-corrected chi connectivity index (χ2v) is 8.90. The number of aromatic amines is 1. The lowest BCUT2D eigenvalue weighted by atomic mass is 10.0. The largest absolute Gasteiger partial charge is 0.351 e. The van der Waals surface area contributed by atoms with Crippen LogP contribution < -0.4 is 5.32 Å². The lowest BCUT2D eigenvalue weighted by Gasteiger charge is -2.32. The van der Waals surface area contributed by atoms with E-state index in [2.05, 4.69) is 10.3 Å². The van der Waals surface area contributed by atoms with Crippen LogP contribution in [0.2, 0.25) is 5.02 Å². The molecule has 1 aromatic heterocycles. The number of halogens is 1. The molecule has 0 bridgehead atoms. The van der Waals surface area contributed by atoms with Crippen molar-refractivity contribution in [1.29, 1.82) is 0 Å². The van der Waals surface area contributed by atoms with Crippen molar-refractivity contribution >= 4 is 38.4 Å². The number of hydrogen-bond donors (Lipinski definition) is 2. The first kappa shape index (κ1) is 17.3. The zero-order valence-electron chi connectivity index (χ0n) is 13.5. The van der Waals surface area contributed by atoms with Crippen molar-refractivity contribution in [1.82, 2.24) is 14.6 Å². The van der Waals surface area contributed by atoms with Crippen molar-refractivity contribution in [3.05, 3.63) is 29.3 Å². The lowest BCUT2D eigenvalue weighted by molar-refractivity contribution is -0.124. The predicted octanol–water partition coefficient (Wildman–Crippen LogP) is 2.36. The molecular formula is C16H20ClN3O3S. The molecule has 2 N–H and O–H groups in total. The van der Waals surface area contributed by atoms with Gasteiger partial charge in [0.25, 0.3) is 10.0 Å². The minimum atomic E-state index is -3.76. The minimum Gasteiger partial charge on any atom is -0.351 e. The summed E-state index contributed by atoms with van der Waals surface area (Å²) in [5, 5.41) is 4.24. The molecule has 1 amide bonds. The molecule has 24 heavy (non-hydrogen) atoms. The number of benzene rings is 1. The fraction of sp³-hybridized carbons (Fsp3) is 0.438. The number of nitrogens with one attached hydrogen (secondary N) is 2. The molecule has 130 valence electrons. The summed E-state index contributed by atoms with van der Waals surface area (Å²) in [6.07, 6.45) is 0.736. The number of carbonyl (C=O) groups is 1. The van der Waals surface area contributed by atoms with Crippen LogP contribution in [0.15, 0.2) is 29.3 Å². The van der Waals surface area contributed by atoms with Crippen molar-refractivity contribution < 1.29 is 13.2 Å². The molecule has 8 heteroatoms. The molecule has 1 aliphatic heterocycles. The molecule has 1 saturated heterocycles. The number of nitrogens with zero attached hydrogens (tertiary/aromatic N) is 1. The van der Waals surface area contributed by atoms with Crippen LogP contribution in [0, 0.1) is 5.92 Å². The first-order chi connectivity index (χ1) is 11.3. The highest BCUT2D eigenvalue weighted by molar-refractivity contribution is 7.89. The number of fused-ring (bicyclic) bond motifs is 1. The summed E-state index contributed by atoms with van der Waals surface area (Å²) in [5.74, 6) is 0.0998. The van der Waals surface area contributed by atoms with Crippen molar-refractivity contribution in [2.75, 3.05) is 13.1 Å². The number of rotatable bonds is 4. The first-order valence-electron chi connectivity index (χ1n) is 7.83. The average Bonchev–Trinajstić information content (AvgIpc) is 2.89. The van der Waals surface area contributed by atoms with Gasteiger partial charge in [-0.1, -0.05) is 31.5 Å². The molecule has 2 aromatic rings. The summed E-state index contributed by atoms with van der Waals surface area (Å²) in [6, 6.07) is 6.56. The molecule has 1 aromatic carbocycles. The molecule has 0 radical (unpaired) electrons. The normalized spacial score (nSPS) is 19.8.